The maximum atomic E-state index is 12.7. The molecule has 10 heteroatoms. The van der Waals surface area contributed by atoms with Gasteiger partial charge in [0.25, 0.3) is 5.91 Å². The summed E-state index contributed by atoms with van der Waals surface area (Å²) in [6.07, 6.45) is -1.92. The van der Waals surface area contributed by atoms with Crippen molar-refractivity contribution >= 4 is 17.7 Å². The van der Waals surface area contributed by atoms with E-state index in [4.69, 9.17) is 4.74 Å². The first-order valence-corrected chi connectivity index (χ1v) is 8.21. The molecule has 0 radical (unpaired) electrons. The van der Waals surface area contributed by atoms with E-state index in [1.807, 2.05) is 0 Å². The monoisotopic (exact) mass is 382 g/mol. The summed E-state index contributed by atoms with van der Waals surface area (Å²) in [6, 6.07) is 5.38. The summed E-state index contributed by atoms with van der Waals surface area (Å²) in [5.41, 5.74) is 0.188. The molecule has 7 nitrogen and oxygen atoms in total. The van der Waals surface area contributed by atoms with Gasteiger partial charge in [-0.15, -0.1) is 0 Å². The Balaban J connectivity index is 1.63. The van der Waals surface area contributed by atoms with Gasteiger partial charge >= 0.3 is 12.1 Å². The van der Waals surface area contributed by atoms with Crippen LogP contribution in [0.2, 0.25) is 0 Å². The molecular formula is C17H17F3N4O3. The number of nitrogens with zero attached hydrogens (tertiary/aromatic N) is 2. The Bertz CT molecular complexity index is 840. The second kappa shape index (κ2) is 7.39. The predicted octanol–water partition coefficient (Wildman–Crippen LogP) is 2.35. The molecule has 2 N–H and O–H groups in total. The number of nitrogens with one attached hydrogen (secondary N) is 2. The van der Waals surface area contributed by atoms with Crippen LogP contribution in [0.15, 0.2) is 30.5 Å². The fourth-order valence-electron chi connectivity index (χ4n) is 2.73. The van der Waals surface area contributed by atoms with Crippen molar-refractivity contribution in [1.29, 1.82) is 0 Å². The van der Waals surface area contributed by atoms with Crippen LogP contribution >= 0.6 is 0 Å². The molecule has 1 atom stereocenters. The summed E-state index contributed by atoms with van der Waals surface area (Å²) in [5.74, 6) is -2.06. The van der Waals surface area contributed by atoms with E-state index in [1.54, 1.807) is 0 Å². The molecule has 144 valence electrons. The van der Waals surface area contributed by atoms with Crippen LogP contribution in [0.5, 0.6) is 5.75 Å². The van der Waals surface area contributed by atoms with Crippen LogP contribution < -0.4 is 15.4 Å². The smallest absolute Gasteiger partial charge is 0.425 e. The van der Waals surface area contributed by atoms with Crippen molar-refractivity contribution < 1.29 is 27.5 Å². The largest absolute Gasteiger partial charge is 0.449 e. The SMILES string of the molecule is Cn1cc(NC(=O)c2ccc(OC(=O)C3CCCN3)cc2)nc1C(F)(F)F. The maximum Gasteiger partial charge on any atom is 0.449 e. The summed E-state index contributed by atoms with van der Waals surface area (Å²) >= 11 is 0. The number of amides is 1. The quantitative estimate of drug-likeness (QED) is 0.626. The minimum absolute atomic E-state index is 0.188. The molecular weight excluding hydrogens is 365 g/mol. The zero-order valence-corrected chi connectivity index (χ0v) is 14.3. The van der Waals surface area contributed by atoms with Crippen molar-refractivity contribution in [3.05, 3.63) is 41.9 Å². The number of hydrogen-bond donors (Lipinski definition) is 2. The van der Waals surface area contributed by atoms with Gasteiger partial charge in [-0.3, -0.25) is 4.79 Å². The first-order valence-electron chi connectivity index (χ1n) is 8.21. The fraction of sp³-hybridized carbons (Fsp3) is 0.353. The van der Waals surface area contributed by atoms with E-state index in [0.29, 0.717) is 6.42 Å². The number of benzene rings is 1. The minimum atomic E-state index is -4.61. The standard InChI is InChI=1S/C17H17F3N4O3/c1-24-9-13(23-16(24)17(18,19)20)22-14(25)10-4-6-11(7-5-10)27-15(26)12-3-2-8-21-12/h4-7,9,12,21H,2-3,8H2,1H3,(H,22,25). The van der Waals surface area contributed by atoms with Crippen LogP contribution in [0.25, 0.3) is 0 Å². The maximum absolute atomic E-state index is 12.7. The van der Waals surface area contributed by atoms with E-state index in [9.17, 15) is 22.8 Å². The van der Waals surface area contributed by atoms with Gasteiger partial charge in [0, 0.05) is 18.8 Å². The fourth-order valence-corrected chi connectivity index (χ4v) is 2.73. The minimum Gasteiger partial charge on any atom is -0.425 e. The molecule has 1 aromatic carbocycles. The molecule has 1 aromatic heterocycles. The lowest BCUT2D eigenvalue weighted by atomic mass is 10.2. The van der Waals surface area contributed by atoms with Gasteiger partial charge in [0.1, 0.15) is 11.8 Å². The molecule has 0 spiro atoms. The Kier molecular flexibility index (Phi) is 5.17. The number of halogens is 3. The number of ether oxygens (including phenoxy) is 1. The molecule has 0 aliphatic carbocycles. The number of hydrogen-bond acceptors (Lipinski definition) is 5. The predicted molar refractivity (Wildman–Crippen MR) is 89.3 cm³/mol. The topological polar surface area (TPSA) is 85.2 Å². The number of imidazole rings is 1. The zero-order chi connectivity index (χ0) is 19.6. The van der Waals surface area contributed by atoms with Crippen LogP contribution in [0.1, 0.15) is 29.0 Å². The van der Waals surface area contributed by atoms with E-state index in [2.05, 4.69) is 15.6 Å². The van der Waals surface area contributed by atoms with Crippen LogP contribution in [0, 0.1) is 0 Å². The number of aromatic nitrogens is 2. The summed E-state index contributed by atoms with van der Waals surface area (Å²) in [6.45, 7) is 0.766. The van der Waals surface area contributed by atoms with Crippen molar-refractivity contribution in [1.82, 2.24) is 14.9 Å². The normalized spacial score (nSPS) is 17.0. The molecule has 1 aliphatic rings. The third-order valence-electron chi connectivity index (χ3n) is 4.05. The lowest BCUT2D eigenvalue weighted by Gasteiger charge is -2.10. The van der Waals surface area contributed by atoms with Gasteiger partial charge in [0.05, 0.1) is 0 Å². The molecule has 2 heterocycles. The summed E-state index contributed by atoms with van der Waals surface area (Å²) < 4.78 is 44.2. The van der Waals surface area contributed by atoms with Crippen molar-refractivity contribution in [2.24, 2.45) is 7.05 Å². The van der Waals surface area contributed by atoms with Crippen LogP contribution in [-0.4, -0.2) is 34.0 Å². The Labute approximate surface area is 152 Å². The average molecular weight is 382 g/mol. The van der Waals surface area contributed by atoms with Crippen molar-refractivity contribution in [2.45, 2.75) is 25.1 Å². The van der Waals surface area contributed by atoms with Gasteiger partial charge < -0.3 is 19.9 Å². The summed E-state index contributed by atoms with van der Waals surface area (Å²) in [5, 5.41) is 5.33. The van der Waals surface area contributed by atoms with Gasteiger partial charge in [-0.25, -0.2) is 9.78 Å². The first-order chi connectivity index (χ1) is 12.7. The number of alkyl halides is 3. The second-order valence-corrected chi connectivity index (χ2v) is 6.11. The number of esters is 1. The molecule has 1 unspecified atom stereocenters. The molecule has 3 rings (SSSR count). The number of aryl methyl sites for hydroxylation is 1. The van der Waals surface area contributed by atoms with E-state index >= 15 is 0 Å². The van der Waals surface area contributed by atoms with Gasteiger partial charge in [-0.1, -0.05) is 0 Å². The number of carbonyl (C=O) groups is 2. The number of anilines is 1. The van der Waals surface area contributed by atoms with E-state index in [1.165, 1.54) is 31.3 Å². The molecule has 27 heavy (non-hydrogen) atoms. The first kappa shape index (κ1) is 18.9. The highest BCUT2D eigenvalue weighted by molar-refractivity contribution is 6.03. The van der Waals surface area contributed by atoms with E-state index < -0.39 is 23.9 Å². The third kappa shape index (κ3) is 4.45. The number of rotatable bonds is 4. The molecule has 0 saturated carbocycles. The van der Waals surface area contributed by atoms with Gasteiger partial charge in [0.15, 0.2) is 5.82 Å². The van der Waals surface area contributed by atoms with Crippen LogP contribution in [0.3, 0.4) is 0 Å². The van der Waals surface area contributed by atoms with Gasteiger partial charge in [0.2, 0.25) is 5.82 Å². The lowest BCUT2D eigenvalue weighted by molar-refractivity contribution is -0.146. The van der Waals surface area contributed by atoms with E-state index in [0.717, 1.165) is 23.7 Å². The Morgan fingerprint density at radius 3 is 2.56 bits per heavy atom. The highest BCUT2D eigenvalue weighted by atomic mass is 19.4. The Morgan fingerprint density at radius 1 is 1.30 bits per heavy atom. The summed E-state index contributed by atoms with van der Waals surface area (Å²) in [7, 11) is 1.19. The average Bonchev–Trinajstić information content (AvgIpc) is 3.25. The Morgan fingerprint density at radius 2 is 2.00 bits per heavy atom. The molecule has 1 amide bonds. The molecule has 1 saturated heterocycles. The highest BCUT2D eigenvalue weighted by Gasteiger charge is 2.36. The molecule has 0 bridgehead atoms. The highest BCUT2D eigenvalue weighted by Crippen LogP contribution is 2.29. The van der Waals surface area contributed by atoms with Gasteiger partial charge in [-0.05, 0) is 43.7 Å². The zero-order valence-electron chi connectivity index (χ0n) is 14.3. The summed E-state index contributed by atoms with van der Waals surface area (Å²) in [4.78, 5) is 27.5. The second-order valence-electron chi connectivity index (χ2n) is 6.11. The molecule has 1 fully saturated rings. The number of carbonyl (C=O) groups excluding carboxylic acids is 2. The Hall–Kier alpha value is -2.88. The lowest BCUT2D eigenvalue weighted by Crippen LogP contribution is -2.34. The van der Waals surface area contributed by atoms with Crippen molar-refractivity contribution in [3.8, 4) is 5.75 Å². The van der Waals surface area contributed by atoms with E-state index in [-0.39, 0.29) is 23.2 Å². The van der Waals surface area contributed by atoms with Gasteiger partial charge in [-0.2, -0.15) is 13.2 Å². The molecule has 2 aromatic rings. The van der Waals surface area contributed by atoms with Crippen LogP contribution in [-0.2, 0) is 18.0 Å². The van der Waals surface area contributed by atoms with Crippen molar-refractivity contribution in [2.75, 3.05) is 11.9 Å². The molecule has 1 aliphatic heterocycles. The third-order valence-corrected chi connectivity index (χ3v) is 4.05. The van der Waals surface area contributed by atoms with Crippen LogP contribution in [0.4, 0.5) is 19.0 Å². The van der Waals surface area contributed by atoms with Crippen molar-refractivity contribution in [3.63, 3.8) is 0 Å².